The van der Waals surface area contributed by atoms with Crippen LogP contribution >= 0.6 is 11.8 Å². The first-order valence-electron chi connectivity index (χ1n) is 9.49. The van der Waals surface area contributed by atoms with E-state index in [2.05, 4.69) is 15.5 Å². The van der Waals surface area contributed by atoms with Gasteiger partial charge in [0.05, 0.1) is 11.8 Å². The van der Waals surface area contributed by atoms with Gasteiger partial charge >= 0.3 is 0 Å². The molecule has 1 N–H and O–H groups in total. The van der Waals surface area contributed by atoms with Crippen molar-refractivity contribution in [2.45, 2.75) is 31.2 Å². The molecule has 1 amide bonds. The number of hydrogen-bond acceptors (Lipinski definition) is 6. The molecule has 0 aliphatic heterocycles. The lowest BCUT2D eigenvalue weighted by Gasteiger charge is -2.16. The number of benzene rings is 2. The molecule has 1 atom stereocenters. The third kappa shape index (κ3) is 4.31. The Morgan fingerprint density at radius 2 is 1.83 bits per heavy atom. The molecule has 0 bridgehead atoms. The molecule has 0 fully saturated rings. The average molecular weight is 420 g/mol. The number of nitrogens with one attached hydrogen (secondary N) is 1. The van der Waals surface area contributed by atoms with E-state index in [-0.39, 0.29) is 5.91 Å². The predicted molar refractivity (Wildman–Crippen MR) is 116 cm³/mol. The second-order valence-electron chi connectivity index (χ2n) is 6.98. The molecule has 0 unspecified atom stereocenters. The van der Waals surface area contributed by atoms with E-state index in [4.69, 9.17) is 8.83 Å². The number of anilines is 1. The zero-order valence-corrected chi connectivity index (χ0v) is 17.7. The second-order valence-corrected chi connectivity index (χ2v) is 8.04. The fraction of sp³-hybridized carbons (Fsp3) is 0.174. The highest BCUT2D eigenvalue weighted by molar-refractivity contribution is 8.00. The maximum Gasteiger partial charge on any atom is 0.277 e. The van der Waals surface area contributed by atoms with Crippen molar-refractivity contribution in [3.8, 4) is 11.5 Å². The van der Waals surface area contributed by atoms with Gasteiger partial charge in [-0.1, -0.05) is 42.5 Å². The molecule has 7 heteroatoms. The summed E-state index contributed by atoms with van der Waals surface area (Å²) in [4.78, 5) is 13.2. The van der Waals surface area contributed by atoms with Crippen LogP contribution in [0.3, 0.4) is 0 Å². The topological polar surface area (TPSA) is 81.2 Å². The number of rotatable bonds is 6. The Morgan fingerprint density at radius 3 is 2.57 bits per heavy atom. The standard InChI is InChI=1S/C23H21N3O3S/c1-14-9-10-15(2)19(13-14)24-21(27)20(17-7-5-4-6-8-17)30-23-26-25-22(29-23)18-11-12-28-16(18)3/h4-13,20H,1-3H3,(H,24,27)/t20-/m1/s1. The van der Waals surface area contributed by atoms with Crippen molar-refractivity contribution in [1.29, 1.82) is 0 Å². The van der Waals surface area contributed by atoms with E-state index in [1.54, 1.807) is 12.3 Å². The summed E-state index contributed by atoms with van der Waals surface area (Å²) in [6.07, 6.45) is 1.58. The molecule has 0 aliphatic rings. The van der Waals surface area contributed by atoms with Gasteiger partial charge in [0.15, 0.2) is 0 Å². The largest absolute Gasteiger partial charge is 0.469 e. The fourth-order valence-electron chi connectivity index (χ4n) is 3.04. The van der Waals surface area contributed by atoms with Gasteiger partial charge in [-0.25, -0.2) is 0 Å². The number of nitrogens with zero attached hydrogens (tertiary/aromatic N) is 2. The molecule has 4 rings (SSSR count). The summed E-state index contributed by atoms with van der Waals surface area (Å²) in [5.74, 6) is 0.909. The van der Waals surface area contributed by atoms with Crippen LogP contribution in [0.1, 0.15) is 27.7 Å². The van der Waals surface area contributed by atoms with E-state index in [9.17, 15) is 4.79 Å². The lowest BCUT2D eigenvalue weighted by atomic mass is 10.1. The van der Waals surface area contributed by atoms with Crippen molar-refractivity contribution in [2.24, 2.45) is 0 Å². The first kappa shape index (κ1) is 20.0. The number of carbonyl (C=O) groups excluding carboxylic acids is 1. The molecule has 152 valence electrons. The predicted octanol–water partition coefficient (Wildman–Crippen LogP) is 5.73. The van der Waals surface area contributed by atoms with Crippen LogP contribution in [0.4, 0.5) is 5.69 Å². The Morgan fingerprint density at radius 1 is 1.03 bits per heavy atom. The molecule has 2 aromatic heterocycles. The average Bonchev–Trinajstić information content (AvgIpc) is 3.38. The molecule has 0 radical (unpaired) electrons. The van der Waals surface area contributed by atoms with Crippen molar-refractivity contribution in [3.63, 3.8) is 0 Å². The lowest BCUT2D eigenvalue weighted by molar-refractivity contribution is -0.115. The minimum absolute atomic E-state index is 0.154. The highest BCUT2D eigenvalue weighted by Crippen LogP contribution is 2.37. The van der Waals surface area contributed by atoms with Crippen LogP contribution in [0, 0.1) is 20.8 Å². The van der Waals surface area contributed by atoms with Gasteiger partial charge in [-0.2, -0.15) is 0 Å². The third-order valence-electron chi connectivity index (χ3n) is 4.71. The normalized spacial score (nSPS) is 12.0. The van der Waals surface area contributed by atoms with Crippen molar-refractivity contribution in [1.82, 2.24) is 10.2 Å². The Hall–Kier alpha value is -3.32. The first-order chi connectivity index (χ1) is 14.5. The molecule has 0 aliphatic carbocycles. The van der Waals surface area contributed by atoms with Gasteiger partial charge in [0.25, 0.3) is 11.1 Å². The molecule has 6 nitrogen and oxygen atoms in total. The SMILES string of the molecule is Cc1ccc(C)c(NC(=O)[C@H](Sc2nnc(-c3ccoc3C)o2)c2ccccc2)c1. The quantitative estimate of drug-likeness (QED) is 0.402. The van der Waals surface area contributed by atoms with E-state index in [1.165, 1.54) is 11.8 Å². The highest BCUT2D eigenvalue weighted by Gasteiger charge is 2.26. The summed E-state index contributed by atoms with van der Waals surface area (Å²) in [6.45, 7) is 5.80. The van der Waals surface area contributed by atoms with E-state index in [0.717, 1.165) is 27.9 Å². The molecule has 2 aromatic carbocycles. The van der Waals surface area contributed by atoms with E-state index >= 15 is 0 Å². The van der Waals surface area contributed by atoms with Crippen molar-refractivity contribution in [2.75, 3.05) is 5.32 Å². The fourth-order valence-corrected chi connectivity index (χ4v) is 3.92. The zero-order valence-electron chi connectivity index (χ0n) is 16.9. The van der Waals surface area contributed by atoms with Crippen LogP contribution in [-0.4, -0.2) is 16.1 Å². The van der Waals surface area contributed by atoms with Gasteiger partial charge in [-0.05, 0) is 61.4 Å². The summed E-state index contributed by atoms with van der Waals surface area (Å²) in [5, 5.41) is 11.0. The third-order valence-corrected chi connectivity index (χ3v) is 5.79. The number of aromatic nitrogens is 2. The van der Waals surface area contributed by atoms with Crippen molar-refractivity contribution < 1.29 is 13.6 Å². The Bertz CT molecular complexity index is 1170. The van der Waals surface area contributed by atoms with Gasteiger partial charge in [-0.15, -0.1) is 10.2 Å². The van der Waals surface area contributed by atoms with Gasteiger partial charge in [0.1, 0.15) is 11.0 Å². The summed E-state index contributed by atoms with van der Waals surface area (Å²) >= 11 is 1.22. The summed E-state index contributed by atoms with van der Waals surface area (Å²) < 4.78 is 11.1. The minimum atomic E-state index is -0.551. The zero-order chi connectivity index (χ0) is 21.1. The molecule has 2 heterocycles. The smallest absolute Gasteiger partial charge is 0.277 e. The van der Waals surface area contributed by atoms with Crippen molar-refractivity contribution >= 4 is 23.4 Å². The summed E-state index contributed by atoms with van der Waals surface area (Å²) in [5.41, 5.74) is 4.47. The van der Waals surface area contributed by atoms with Crippen LogP contribution in [0.5, 0.6) is 0 Å². The van der Waals surface area contributed by atoms with Crippen molar-refractivity contribution in [3.05, 3.63) is 83.3 Å². The maximum atomic E-state index is 13.2. The Kier molecular flexibility index (Phi) is 5.72. The second kappa shape index (κ2) is 8.59. The number of carbonyl (C=O) groups is 1. The lowest BCUT2D eigenvalue weighted by Crippen LogP contribution is -2.19. The van der Waals surface area contributed by atoms with Crippen LogP contribution in [0.2, 0.25) is 0 Å². The first-order valence-corrected chi connectivity index (χ1v) is 10.4. The number of thioether (sulfide) groups is 1. The molecule has 0 saturated heterocycles. The monoisotopic (exact) mass is 419 g/mol. The van der Waals surface area contributed by atoms with Crippen LogP contribution < -0.4 is 5.32 Å². The molecule has 0 spiro atoms. The molecule has 0 saturated carbocycles. The number of amides is 1. The van der Waals surface area contributed by atoms with Gasteiger partial charge in [-0.3, -0.25) is 4.79 Å². The van der Waals surface area contributed by atoms with E-state index in [0.29, 0.717) is 16.9 Å². The van der Waals surface area contributed by atoms with Crippen LogP contribution in [0.15, 0.2) is 74.9 Å². The number of aryl methyl sites for hydroxylation is 3. The van der Waals surface area contributed by atoms with Gasteiger partial charge in [0, 0.05) is 5.69 Å². The van der Waals surface area contributed by atoms with Gasteiger partial charge in [0.2, 0.25) is 5.91 Å². The molecular weight excluding hydrogens is 398 g/mol. The van der Waals surface area contributed by atoms with Crippen LogP contribution in [-0.2, 0) is 4.79 Å². The number of furan rings is 1. The van der Waals surface area contributed by atoms with E-state index in [1.807, 2.05) is 69.3 Å². The molecule has 30 heavy (non-hydrogen) atoms. The Balaban J connectivity index is 1.61. The Labute approximate surface area is 178 Å². The minimum Gasteiger partial charge on any atom is -0.469 e. The summed E-state index contributed by atoms with van der Waals surface area (Å²) in [6, 6.07) is 17.3. The molecular formula is C23H21N3O3S. The van der Waals surface area contributed by atoms with Crippen LogP contribution in [0.25, 0.3) is 11.5 Å². The van der Waals surface area contributed by atoms with Gasteiger partial charge < -0.3 is 14.2 Å². The maximum absolute atomic E-state index is 13.2. The summed E-state index contributed by atoms with van der Waals surface area (Å²) in [7, 11) is 0. The molecule has 4 aromatic rings. The van der Waals surface area contributed by atoms with E-state index < -0.39 is 5.25 Å². The number of hydrogen-bond donors (Lipinski definition) is 1. The highest BCUT2D eigenvalue weighted by atomic mass is 32.2.